The molecule has 2 aromatic rings. The molecule has 0 atom stereocenters. The van der Waals surface area contributed by atoms with Crippen molar-refractivity contribution in [1.29, 1.82) is 0 Å². The van der Waals surface area contributed by atoms with Gasteiger partial charge in [0, 0.05) is 43.1 Å². The Morgan fingerprint density at radius 1 is 1.06 bits per heavy atom. The highest BCUT2D eigenvalue weighted by Crippen LogP contribution is 2.29. The number of piperazine rings is 1. The van der Waals surface area contributed by atoms with Crippen molar-refractivity contribution >= 4 is 23.3 Å². The van der Waals surface area contributed by atoms with Crippen LogP contribution in [0.3, 0.4) is 0 Å². The van der Waals surface area contributed by atoms with Crippen molar-refractivity contribution in [3.8, 4) is 5.75 Å². The molecule has 34 heavy (non-hydrogen) atoms. The van der Waals surface area contributed by atoms with Gasteiger partial charge in [-0.05, 0) is 44.9 Å². The number of hydrogen-bond donors (Lipinski definition) is 1. The zero-order chi connectivity index (χ0) is 23.7. The molecule has 0 radical (unpaired) electrons. The summed E-state index contributed by atoms with van der Waals surface area (Å²) >= 11 is 0. The molecule has 1 N–H and O–H groups in total. The van der Waals surface area contributed by atoms with Crippen LogP contribution in [0.15, 0.2) is 40.3 Å². The van der Waals surface area contributed by atoms with E-state index < -0.39 is 5.54 Å². The van der Waals surface area contributed by atoms with Gasteiger partial charge in [-0.3, -0.25) is 14.8 Å². The van der Waals surface area contributed by atoms with Gasteiger partial charge in [0.15, 0.2) is 0 Å². The predicted octanol–water partition coefficient (Wildman–Crippen LogP) is 1.77. The summed E-state index contributed by atoms with van der Waals surface area (Å²) in [4.78, 5) is 36.2. The monoisotopic (exact) mass is 461 g/mol. The highest BCUT2D eigenvalue weighted by atomic mass is 16.5. The van der Waals surface area contributed by atoms with Crippen LogP contribution in [0.5, 0.6) is 5.75 Å². The molecule has 9 heteroatoms. The minimum atomic E-state index is -0.542. The van der Waals surface area contributed by atoms with Crippen LogP contribution >= 0.6 is 0 Å². The van der Waals surface area contributed by atoms with Crippen LogP contribution < -0.4 is 15.0 Å². The van der Waals surface area contributed by atoms with Crippen LogP contribution in [0, 0.1) is 13.8 Å². The largest absolute Gasteiger partial charge is 0.497 e. The fourth-order valence-electron chi connectivity index (χ4n) is 5.08. The van der Waals surface area contributed by atoms with E-state index in [9.17, 15) is 4.79 Å². The first-order valence-corrected chi connectivity index (χ1v) is 11.8. The highest BCUT2D eigenvalue weighted by molar-refractivity contribution is 6.50. The molecule has 2 saturated heterocycles. The van der Waals surface area contributed by atoms with Gasteiger partial charge in [0.2, 0.25) is 11.9 Å². The maximum Gasteiger partial charge on any atom is 0.243 e. The molecule has 1 spiro atoms. The number of nitrogens with zero attached hydrogens (tertiary/aromatic N) is 6. The van der Waals surface area contributed by atoms with Crippen molar-refractivity contribution in [2.75, 3.05) is 51.4 Å². The Balaban J connectivity index is 1.27. The number of aliphatic imine (C=N–C) groups is 2. The normalized spacial score (nSPS) is 19.9. The van der Waals surface area contributed by atoms with Gasteiger partial charge in [-0.15, -0.1) is 0 Å². The maximum atomic E-state index is 13.7. The summed E-state index contributed by atoms with van der Waals surface area (Å²) in [6, 6.07) is 9.81. The first-order chi connectivity index (χ1) is 16.5. The zero-order valence-corrected chi connectivity index (χ0v) is 20.0. The third-order valence-electron chi connectivity index (χ3n) is 6.86. The van der Waals surface area contributed by atoms with E-state index in [4.69, 9.17) is 4.74 Å². The molecule has 4 heterocycles. The second kappa shape index (κ2) is 9.13. The number of benzene rings is 1. The van der Waals surface area contributed by atoms with E-state index in [-0.39, 0.29) is 5.91 Å². The Labute approximate surface area is 200 Å². The lowest BCUT2D eigenvalue weighted by atomic mass is 9.84. The van der Waals surface area contributed by atoms with E-state index >= 15 is 0 Å². The molecule has 1 aromatic heterocycles. The summed E-state index contributed by atoms with van der Waals surface area (Å²) in [7, 11) is 1.65. The van der Waals surface area contributed by atoms with Crippen molar-refractivity contribution in [3.63, 3.8) is 0 Å². The summed E-state index contributed by atoms with van der Waals surface area (Å²) < 4.78 is 5.36. The Morgan fingerprint density at radius 3 is 2.56 bits per heavy atom. The maximum absolute atomic E-state index is 13.7. The number of carbonyl (C=O) groups excluding carboxylic acids is 1. The van der Waals surface area contributed by atoms with E-state index in [1.165, 1.54) is 0 Å². The summed E-state index contributed by atoms with van der Waals surface area (Å²) in [5.74, 6) is 1.69. The minimum absolute atomic E-state index is 0.152. The Kier molecular flexibility index (Phi) is 6.03. The second-order valence-electron chi connectivity index (χ2n) is 9.16. The molecular formula is C25H31N7O2. The lowest BCUT2D eigenvalue weighted by Crippen LogP contribution is -2.68. The number of nitrogens with one attached hydrogen (secondary N) is 1. The molecule has 178 valence electrons. The molecule has 0 bridgehead atoms. The summed E-state index contributed by atoms with van der Waals surface area (Å²) in [6.07, 6.45) is 1.45. The number of rotatable bonds is 5. The molecule has 9 nitrogen and oxygen atoms in total. The fourth-order valence-corrected chi connectivity index (χ4v) is 5.08. The Morgan fingerprint density at radius 2 is 1.82 bits per heavy atom. The molecular weight excluding hydrogens is 430 g/mol. The number of hydrogen-bond acceptors (Lipinski definition) is 8. The zero-order valence-electron chi connectivity index (χ0n) is 20.0. The molecule has 2 fully saturated rings. The number of aryl methyl sites for hydroxylation is 2. The first-order valence-electron chi connectivity index (χ1n) is 11.8. The number of aromatic nitrogens is 2. The van der Waals surface area contributed by atoms with Gasteiger partial charge in [0.1, 0.15) is 18.0 Å². The van der Waals surface area contributed by atoms with Gasteiger partial charge in [0.25, 0.3) is 0 Å². The quantitative estimate of drug-likeness (QED) is 0.729. The van der Waals surface area contributed by atoms with E-state index in [0.29, 0.717) is 19.8 Å². The smallest absolute Gasteiger partial charge is 0.243 e. The molecule has 1 aromatic carbocycles. The van der Waals surface area contributed by atoms with Crippen LogP contribution in [0.2, 0.25) is 0 Å². The van der Waals surface area contributed by atoms with Crippen molar-refractivity contribution < 1.29 is 9.53 Å². The van der Waals surface area contributed by atoms with Crippen molar-refractivity contribution in [2.24, 2.45) is 9.98 Å². The van der Waals surface area contributed by atoms with Crippen molar-refractivity contribution in [2.45, 2.75) is 32.2 Å². The van der Waals surface area contributed by atoms with E-state index in [1.807, 2.05) is 49.1 Å². The standard InChI is InChI=1S/C25H31N7O2/c1-17-13-18(2)30-24(29-17)31-10-7-25(8-11-31)23(33)32(12-9-28-25)15-21-22(27-16-26-21)19-5-4-6-20(14-19)34-3/h4-6,13-14,28H,7-12,15-16H2,1-3H3. The predicted molar refractivity (Wildman–Crippen MR) is 132 cm³/mol. The number of ether oxygens (including phenoxy) is 1. The molecule has 5 rings (SSSR count). The van der Waals surface area contributed by atoms with Gasteiger partial charge in [0.05, 0.1) is 25.1 Å². The first kappa shape index (κ1) is 22.5. The van der Waals surface area contributed by atoms with Gasteiger partial charge in [-0.2, -0.15) is 0 Å². The molecule has 3 aliphatic heterocycles. The number of methoxy groups -OCH3 is 1. The third kappa shape index (κ3) is 4.27. The number of anilines is 1. The third-order valence-corrected chi connectivity index (χ3v) is 6.86. The second-order valence-corrected chi connectivity index (χ2v) is 9.16. The van der Waals surface area contributed by atoms with E-state index in [2.05, 4.69) is 30.2 Å². The summed E-state index contributed by atoms with van der Waals surface area (Å²) in [5.41, 5.74) is 4.06. The van der Waals surface area contributed by atoms with Crippen molar-refractivity contribution in [1.82, 2.24) is 20.2 Å². The fraction of sp³-hybridized carbons (Fsp3) is 0.480. The average Bonchev–Trinajstić information content (AvgIpc) is 3.30. The number of amides is 1. The topological polar surface area (TPSA) is 95.3 Å². The summed E-state index contributed by atoms with van der Waals surface area (Å²) in [6.45, 7) is 7.77. The van der Waals surface area contributed by atoms with Crippen LogP contribution in [0.25, 0.3) is 0 Å². The minimum Gasteiger partial charge on any atom is -0.497 e. The van der Waals surface area contributed by atoms with Crippen LogP contribution in [0.4, 0.5) is 5.95 Å². The molecule has 0 aliphatic carbocycles. The highest BCUT2D eigenvalue weighted by Gasteiger charge is 2.46. The van der Waals surface area contributed by atoms with E-state index in [0.717, 1.165) is 72.5 Å². The lowest BCUT2D eigenvalue weighted by Gasteiger charge is -2.47. The van der Waals surface area contributed by atoms with Crippen LogP contribution in [-0.4, -0.2) is 84.2 Å². The van der Waals surface area contributed by atoms with Crippen molar-refractivity contribution in [3.05, 3.63) is 47.3 Å². The Hall–Kier alpha value is -3.33. The van der Waals surface area contributed by atoms with Gasteiger partial charge < -0.3 is 19.9 Å². The average molecular weight is 462 g/mol. The number of carbonyl (C=O) groups is 1. The summed E-state index contributed by atoms with van der Waals surface area (Å²) in [5, 5.41) is 3.55. The molecule has 0 unspecified atom stereocenters. The molecule has 0 saturated carbocycles. The van der Waals surface area contributed by atoms with E-state index in [1.54, 1.807) is 7.11 Å². The lowest BCUT2D eigenvalue weighted by molar-refractivity contribution is -0.141. The molecule has 1 amide bonds. The van der Waals surface area contributed by atoms with Gasteiger partial charge in [-0.1, -0.05) is 12.1 Å². The SMILES string of the molecule is COc1cccc(C2=NCN=C2CN2CCNC3(CCN(c4nc(C)cc(C)n4)CC3)C2=O)c1. The Bertz CT molecular complexity index is 1130. The van der Waals surface area contributed by atoms with Crippen LogP contribution in [-0.2, 0) is 4.79 Å². The molecule has 3 aliphatic rings. The number of piperidine rings is 1. The van der Waals surface area contributed by atoms with Crippen LogP contribution in [0.1, 0.15) is 29.8 Å². The van der Waals surface area contributed by atoms with Gasteiger partial charge >= 0.3 is 0 Å². The van der Waals surface area contributed by atoms with Gasteiger partial charge in [-0.25, -0.2) is 9.97 Å².